The number of benzene rings is 2. The molecule has 0 saturated carbocycles. The molecule has 0 aliphatic carbocycles. The lowest BCUT2D eigenvalue weighted by Crippen LogP contribution is -1.96. The Bertz CT molecular complexity index is 634. The summed E-state index contributed by atoms with van der Waals surface area (Å²) in [5, 5.41) is 21.0. The van der Waals surface area contributed by atoms with Crippen LogP contribution in [0.25, 0.3) is 15.7 Å². The molecule has 2 aromatic rings. The molecule has 1 unspecified atom stereocenters. The van der Waals surface area contributed by atoms with Crippen LogP contribution < -0.4 is 5.11 Å². The molecular formula is C10H6N2O3S. The van der Waals surface area contributed by atoms with E-state index in [1.807, 2.05) is 0 Å². The molecule has 0 aliphatic rings. The number of nitrogens with zero attached hydrogens (tertiary/aromatic N) is 2. The lowest BCUT2D eigenvalue weighted by Gasteiger charge is -2.07. The minimum absolute atomic E-state index is 0.0213. The average molecular weight is 234 g/mol. The molecule has 0 heterocycles. The summed E-state index contributed by atoms with van der Waals surface area (Å²) in [5.41, 5.74) is -0.121. The highest BCUT2D eigenvalue weighted by Crippen LogP contribution is 2.36. The fourth-order valence-corrected chi connectivity index (χ4v) is 2.12. The highest BCUT2D eigenvalue weighted by molar-refractivity contribution is 7.79. The normalized spacial score (nSPS) is 12.2. The van der Waals surface area contributed by atoms with E-state index in [4.69, 9.17) is 9.95 Å². The maximum atomic E-state index is 11.5. The number of hydrogen-bond donors (Lipinski definition) is 1. The minimum Gasteiger partial charge on any atom is -0.867 e. The van der Waals surface area contributed by atoms with E-state index in [1.54, 1.807) is 24.3 Å². The Hall–Kier alpha value is -1.97. The highest BCUT2D eigenvalue weighted by Gasteiger charge is 2.17. The van der Waals surface area contributed by atoms with Crippen LogP contribution in [0, 0.1) is 5.39 Å². The number of diazo groups is 1. The topological polar surface area (TPSA) is 88.5 Å². The van der Waals surface area contributed by atoms with E-state index in [9.17, 15) is 9.32 Å². The molecule has 0 aliphatic heterocycles. The molecule has 2 rings (SSSR count). The first kappa shape index (κ1) is 10.5. The predicted octanol–water partition coefficient (Wildman–Crippen LogP) is 1.98. The Kier molecular flexibility index (Phi) is 2.56. The standard InChI is InChI=1S/C10H6N2O3S/c11-12-10-7-4-2-1-3-6(7)9(16(14)15)5-8(10)13/h1-5H,(H-,13,14,15). The Morgan fingerprint density at radius 2 is 1.94 bits per heavy atom. The molecule has 1 atom stereocenters. The molecule has 5 nitrogen and oxygen atoms in total. The predicted molar refractivity (Wildman–Crippen MR) is 57.2 cm³/mol. The summed E-state index contributed by atoms with van der Waals surface area (Å²) in [4.78, 5) is 2.93. The van der Waals surface area contributed by atoms with Gasteiger partial charge in [0.25, 0.3) is 0 Å². The van der Waals surface area contributed by atoms with Crippen LogP contribution in [-0.2, 0) is 11.1 Å². The van der Waals surface area contributed by atoms with E-state index in [2.05, 4.69) is 4.98 Å². The SMILES string of the molecule is N#[N+]c1c([O-])cc(S(=O)O)c2ccccc12. The first-order chi connectivity index (χ1) is 7.65. The highest BCUT2D eigenvalue weighted by atomic mass is 32.2. The van der Waals surface area contributed by atoms with E-state index in [-0.39, 0.29) is 10.6 Å². The summed E-state index contributed by atoms with van der Waals surface area (Å²) < 4.78 is 20.1. The number of hydrogen-bond acceptors (Lipinski definition) is 3. The monoisotopic (exact) mass is 234 g/mol. The van der Waals surface area contributed by atoms with Crippen molar-refractivity contribution in [1.82, 2.24) is 0 Å². The summed E-state index contributed by atoms with van der Waals surface area (Å²) >= 11 is -2.25. The van der Waals surface area contributed by atoms with Crippen LogP contribution in [0.5, 0.6) is 5.75 Å². The van der Waals surface area contributed by atoms with Gasteiger partial charge in [-0.25, -0.2) is 4.21 Å². The van der Waals surface area contributed by atoms with Gasteiger partial charge in [-0.2, -0.15) is 0 Å². The molecular weight excluding hydrogens is 228 g/mol. The summed E-state index contributed by atoms with van der Waals surface area (Å²) in [6.07, 6.45) is 0. The molecule has 2 aromatic carbocycles. The third-order valence-corrected chi connectivity index (χ3v) is 2.95. The van der Waals surface area contributed by atoms with Crippen molar-refractivity contribution in [2.24, 2.45) is 0 Å². The molecule has 0 bridgehead atoms. The fraction of sp³-hybridized carbons (Fsp3) is 0. The van der Waals surface area contributed by atoms with Crippen LogP contribution in [0.1, 0.15) is 0 Å². The van der Waals surface area contributed by atoms with Crippen LogP contribution in [-0.4, -0.2) is 8.76 Å². The molecule has 0 amide bonds. The van der Waals surface area contributed by atoms with E-state index >= 15 is 0 Å². The molecule has 0 spiro atoms. The Morgan fingerprint density at radius 3 is 2.50 bits per heavy atom. The van der Waals surface area contributed by atoms with Gasteiger partial charge in [0.2, 0.25) is 5.39 Å². The van der Waals surface area contributed by atoms with Gasteiger partial charge in [-0.3, -0.25) is 0 Å². The van der Waals surface area contributed by atoms with E-state index in [0.29, 0.717) is 10.8 Å². The van der Waals surface area contributed by atoms with Gasteiger partial charge in [-0.15, -0.1) is 0 Å². The van der Waals surface area contributed by atoms with E-state index in [1.165, 1.54) is 0 Å². The number of fused-ring (bicyclic) bond motifs is 1. The fourth-order valence-electron chi connectivity index (χ4n) is 1.55. The second kappa shape index (κ2) is 3.89. The first-order valence-corrected chi connectivity index (χ1v) is 5.44. The molecule has 6 heteroatoms. The minimum atomic E-state index is -2.25. The van der Waals surface area contributed by atoms with Crippen LogP contribution >= 0.6 is 0 Å². The molecule has 16 heavy (non-hydrogen) atoms. The van der Waals surface area contributed by atoms with Gasteiger partial charge >= 0.3 is 5.69 Å². The Morgan fingerprint density at radius 1 is 1.31 bits per heavy atom. The van der Waals surface area contributed by atoms with Crippen molar-refractivity contribution in [3.8, 4) is 5.75 Å². The first-order valence-electron chi connectivity index (χ1n) is 4.34. The van der Waals surface area contributed by atoms with Gasteiger partial charge < -0.3 is 9.66 Å². The lowest BCUT2D eigenvalue weighted by molar-refractivity contribution is -0.267. The molecule has 0 saturated heterocycles. The van der Waals surface area contributed by atoms with Crippen LogP contribution in [0.15, 0.2) is 35.2 Å². The Balaban J connectivity index is 2.98. The summed E-state index contributed by atoms with van der Waals surface area (Å²) in [5.74, 6) is -0.585. The molecule has 0 fully saturated rings. The molecule has 0 radical (unpaired) electrons. The molecule has 1 N–H and O–H groups in total. The van der Waals surface area contributed by atoms with Crippen molar-refractivity contribution in [3.05, 3.63) is 35.3 Å². The third-order valence-electron chi connectivity index (χ3n) is 2.23. The maximum absolute atomic E-state index is 11.5. The van der Waals surface area contributed by atoms with Crippen molar-refractivity contribution in [2.75, 3.05) is 0 Å². The van der Waals surface area contributed by atoms with Crippen LogP contribution in [0.3, 0.4) is 0 Å². The Labute approximate surface area is 93.2 Å². The second-order valence-corrected chi connectivity index (χ2v) is 4.05. The summed E-state index contributed by atoms with van der Waals surface area (Å²) in [6, 6.07) is 7.48. The lowest BCUT2D eigenvalue weighted by atomic mass is 10.1. The van der Waals surface area contributed by atoms with Crippen molar-refractivity contribution < 1.29 is 13.9 Å². The van der Waals surface area contributed by atoms with Gasteiger partial charge in [-0.1, -0.05) is 18.2 Å². The van der Waals surface area contributed by atoms with Crippen molar-refractivity contribution >= 4 is 27.5 Å². The molecule has 0 aromatic heterocycles. The zero-order valence-corrected chi connectivity index (χ0v) is 8.77. The van der Waals surface area contributed by atoms with E-state index < -0.39 is 16.8 Å². The zero-order valence-electron chi connectivity index (χ0n) is 7.95. The van der Waals surface area contributed by atoms with Gasteiger partial charge in [0.05, 0.1) is 10.3 Å². The zero-order chi connectivity index (χ0) is 11.7. The van der Waals surface area contributed by atoms with E-state index in [0.717, 1.165) is 6.07 Å². The van der Waals surface area contributed by atoms with Gasteiger partial charge in [0, 0.05) is 5.39 Å². The molecule has 80 valence electrons. The quantitative estimate of drug-likeness (QED) is 0.603. The van der Waals surface area contributed by atoms with Crippen molar-refractivity contribution in [1.29, 1.82) is 5.39 Å². The van der Waals surface area contributed by atoms with Crippen LogP contribution in [0.2, 0.25) is 0 Å². The van der Waals surface area contributed by atoms with Gasteiger partial charge in [-0.05, 0) is 17.9 Å². The van der Waals surface area contributed by atoms with Crippen molar-refractivity contribution in [2.45, 2.75) is 4.90 Å². The maximum Gasteiger partial charge on any atom is 0.385 e. The third kappa shape index (κ3) is 1.52. The smallest absolute Gasteiger partial charge is 0.385 e. The van der Waals surface area contributed by atoms with Gasteiger partial charge in [0.1, 0.15) is 0 Å². The summed E-state index contributed by atoms with van der Waals surface area (Å²) in [6.45, 7) is 0. The summed E-state index contributed by atoms with van der Waals surface area (Å²) in [7, 11) is 0. The average Bonchev–Trinajstić information content (AvgIpc) is 2.28. The second-order valence-electron chi connectivity index (χ2n) is 3.12. The van der Waals surface area contributed by atoms with Gasteiger partial charge in [0.15, 0.2) is 16.1 Å². The van der Waals surface area contributed by atoms with Crippen molar-refractivity contribution in [3.63, 3.8) is 0 Å². The number of rotatable bonds is 1. The largest absolute Gasteiger partial charge is 0.867 e. The van der Waals surface area contributed by atoms with Crippen LogP contribution in [0.4, 0.5) is 5.69 Å².